The molecule has 0 bridgehead atoms. The highest BCUT2D eigenvalue weighted by Crippen LogP contribution is 2.16. The van der Waals surface area contributed by atoms with E-state index in [0.717, 1.165) is 6.33 Å². The molecule has 0 unspecified atom stereocenters. The number of carbonyl (C=O) groups excluding carboxylic acids is 1. The maximum atomic E-state index is 11.8. The number of hydrogen-bond acceptors (Lipinski definition) is 4. The van der Waals surface area contributed by atoms with Crippen LogP contribution >= 0.6 is 0 Å². The van der Waals surface area contributed by atoms with Crippen molar-refractivity contribution >= 4 is 17.8 Å². The van der Waals surface area contributed by atoms with E-state index in [-0.39, 0.29) is 0 Å². The molecule has 0 aliphatic carbocycles. The molecule has 0 saturated carbocycles. The number of nitrogens with one attached hydrogen (secondary N) is 1. The van der Waals surface area contributed by atoms with Gasteiger partial charge in [-0.15, -0.1) is 0 Å². The van der Waals surface area contributed by atoms with Gasteiger partial charge >= 0.3 is 18.1 Å². The topological polar surface area (TPSA) is 97.1 Å². The molecule has 0 fully saturated rings. The Bertz CT molecular complexity index is 413. The Morgan fingerprint density at radius 3 is 2.62 bits per heavy atom. The van der Waals surface area contributed by atoms with Crippen LogP contribution < -0.4 is 5.32 Å². The van der Waals surface area contributed by atoms with Gasteiger partial charge in [0.05, 0.1) is 0 Å². The van der Waals surface area contributed by atoms with Gasteiger partial charge in [0.2, 0.25) is 5.95 Å². The molecule has 0 radical (unpaired) electrons. The van der Waals surface area contributed by atoms with E-state index in [2.05, 4.69) is 10.1 Å². The van der Waals surface area contributed by atoms with E-state index in [1.165, 1.54) is 5.32 Å². The number of amides is 1. The number of alkyl halides is 3. The predicted octanol–water partition coefficient (Wildman–Crippen LogP) is -0.137. The number of carboxylic acids is 1. The van der Waals surface area contributed by atoms with Crippen LogP contribution in [0.1, 0.15) is 0 Å². The SMILES string of the molecule is O=C(O)Cn1ncnc1NC(=O)C(F)(F)F. The lowest BCUT2D eigenvalue weighted by Gasteiger charge is -2.07. The zero-order valence-electron chi connectivity index (χ0n) is 7.52. The van der Waals surface area contributed by atoms with Crippen LogP contribution in [-0.2, 0) is 16.1 Å². The minimum atomic E-state index is -5.07. The monoisotopic (exact) mass is 238 g/mol. The Labute approximate surface area is 85.9 Å². The van der Waals surface area contributed by atoms with Gasteiger partial charge in [0.1, 0.15) is 12.9 Å². The van der Waals surface area contributed by atoms with Crippen LogP contribution in [0.3, 0.4) is 0 Å². The summed E-state index contributed by atoms with van der Waals surface area (Å²) in [4.78, 5) is 24.1. The Morgan fingerprint density at radius 2 is 2.12 bits per heavy atom. The van der Waals surface area contributed by atoms with E-state index in [1.54, 1.807) is 0 Å². The van der Waals surface area contributed by atoms with Gasteiger partial charge in [0.25, 0.3) is 0 Å². The fraction of sp³-hybridized carbons (Fsp3) is 0.333. The van der Waals surface area contributed by atoms with Crippen molar-refractivity contribution in [1.82, 2.24) is 14.8 Å². The maximum absolute atomic E-state index is 11.8. The van der Waals surface area contributed by atoms with Crippen LogP contribution in [0.25, 0.3) is 0 Å². The van der Waals surface area contributed by atoms with Crippen LogP contribution in [0, 0.1) is 0 Å². The van der Waals surface area contributed by atoms with E-state index in [0.29, 0.717) is 4.68 Å². The number of carboxylic acid groups (broad SMARTS) is 1. The maximum Gasteiger partial charge on any atom is 0.471 e. The van der Waals surface area contributed by atoms with E-state index in [4.69, 9.17) is 5.11 Å². The van der Waals surface area contributed by atoms with Crippen LogP contribution in [0.5, 0.6) is 0 Å². The summed E-state index contributed by atoms with van der Waals surface area (Å²) in [5.74, 6) is -4.15. The summed E-state index contributed by atoms with van der Waals surface area (Å²) in [6.45, 7) is -0.701. The zero-order chi connectivity index (χ0) is 12.3. The third-order valence-corrected chi connectivity index (χ3v) is 1.38. The van der Waals surface area contributed by atoms with Gasteiger partial charge in [-0.05, 0) is 0 Å². The highest BCUT2D eigenvalue weighted by molar-refractivity contribution is 5.93. The number of anilines is 1. The van der Waals surface area contributed by atoms with Crippen LogP contribution in [0.2, 0.25) is 0 Å². The van der Waals surface area contributed by atoms with Gasteiger partial charge in [0.15, 0.2) is 0 Å². The van der Waals surface area contributed by atoms with Crippen molar-refractivity contribution in [2.75, 3.05) is 5.32 Å². The summed E-state index contributed by atoms with van der Waals surface area (Å²) in [5.41, 5.74) is 0. The molecule has 1 aromatic heterocycles. The summed E-state index contributed by atoms with van der Waals surface area (Å²) in [6.07, 6.45) is -4.24. The Morgan fingerprint density at radius 1 is 1.50 bits per heavy atom. The minimum absolute atomic E-state index is 0.579. The van der Waals surface area contributed by atoms with E-state index in [9.17, 15) is 22.8 Å². The van der Waals surface area contributed by atoms with Gasteiger partial charge in [-0.2, -0.15) is 23.3 Å². The summed E-state index contributed by atoms with van der Waals surface area (Å²) in [5, 5.41) is 13.1. The van der Waals surface area contributed by atoms with Gasteiger partial charge in [-0.1, -0.05) is 0 Å². The van der Waals surface area contributed by atoms with Crippen molar-refractivity contribution in [3.05, 3.63) is 6.33 Å². The molecule has 88 valence electrons. The third kappa shape index (κ3) is 2.93. The van der Waals surface area contributed by atoms with Gasteiger partial charge in [-0.25, -0.2) is 4.68 Å². The number of aliphatic carboxylic acids is 1. The zero-order valence-corrected chi connectivity index (χ0v) is 7.52. The smallest absolute Gasteiger partial charge is 0.471 e. The summed E-state index contributed by atoms with van der Waals surface area (Å²) in [7, 11) is 0. The lowest BCUT2D eigenvalue weighted by molar-refractivity contribution is -0.167. The summed E-state index contributed by atoms with van der Waals surface area (Å²) in [6, 6.07) is 0. The first-order chi connectivity index (χ1) is 7.30. The van der Waals surface area contributed by atoms with Crippen molar-refractivity contribution in [3.8, 4) is 0 Å². The second-order valence-electron chi connectivity index (χ2n) is 2.59. The quantitative estimate of drug-likeness (QED) is 0.764. The molecule has 10 heteroatoms. The second kappa shape index (κ2) is 4.16. The second-order valence-corrected chi connectivity index (χ2v) is 2.59. The van der Waals surface area contributed by atoms with Gasteiger partial charge in [-0.3, -0.25) is 14.9 Å². The predicted molar refractivity (Wildman–Crippen MR) is 42.3 cm³/mol. The minimum Gasteiger partial charge on any atom is -0.480 e. The number of nitrogens with zero attached hydrogens (tertiary/aromatic N) is 3. The molecule has 0 spiro atoms. The first-order valence-electron chi connectivity index (χ1n) is 3.78. The number of carbonyl (C=O) groups is 2. The highest BCUT2D eigenvalue weighted by Gasteiger charge is 2.39. The average Bonchev–Trinajstić information content (AvgIpc) is 2.50. The van der Waals surface area contributed by atoms with Crippen molar-refractivity contribution < 1.29 is 27.9 Å². The molecule has 0 saturated heterocycles. The van der Waals surface area contributed by atoms with Crippen molar-refractivity contribution in [2.45, 2.75) is 12.7 Å². The molecule has 1 heterocycles. The molecule has 2 N–H and O–H groups in total. The first kappa shape index (κ1) is 11.9. The van der Waals surface area contributed by atoms with Crippen molar-refractivity contribution in [3.63, 3.8) is 0 Å². The molecular formula is C6H5F3N4O3. The molecule has 1 amide bonds. The van der Waals surface area contributed by atoms with E-state index < -0.39 is 30.5 Å². The Hall–Kier alpha value is -2.13. The number of aromatic nitrogens is 3. The lowest BCUT2D eigenvalue weighted by Crippen LogP contribution is -2.31. The van der Waals surface area contributed by atoms with Gasteiger partial charge in [0, 0.05) is 0 Å². The van der Waals surface area contributed by atoms with E-state index in [1.807, 2.05) is 0 Å². The summed E-state index contributed by atoms with van der Waals surface area (Å²) < 4.78 is 36.2. The largest absolute Gasteiger partial charge is 0.480 e. The highest BCUT2D eigenvalue weighted by atomic mass is 19.4. The molecule has 0 aromatic carbocycles. The standard InChI is InChI=1S/C6H5F3N4O3/c7-6(8,9)4(16)12-5-10-2-11-13(5)1-3(14)15/h2H,1H2,(H,14,15)(H,10,11,12,16). The van der Waals surface area contributed by atoms with Crippen LogP contribution in [-0.4, -0.2) is 37.9 Å². The molecule has 0 aliphatic rings. The third-order valence-electron chi connectivity index (χ3n) is 1.38. The molecule has 1 rings (SSSR count). The average molecular weight is 238 g/mol. The van der Waals surface area contributed by atoms with Gasteiger partial charge < -0.3 is 5.11 Å². The molecule has 1 aromatic rings. The van der Waals surface area contributed by atoms with Crippen LogP contribution in [0.4, 0.5) is 19.1 Å². The van der Waals surface area contributed by atoms with E-state index >= 15 is 0 Å². The number of rotatable bonds is 3. The molecule has 16 heavy (non-hydrogen) atoms. The Balaban J connectivity index is 2.78. The molecule has 0 aliphatic heterocycles. The Kier molecular flexibility index (Phi) is 3.11. The fourth-order valence-corrected chi connectivity index (χ4v) is 0.777. The lowest BCUT2D eigenvalue weighted by atomic mass is 10.6. The molecular weight excluding hydrogens is 233 g/mol. The normalized spacial score (nSPS) is 11.2. The van der Waals surface area contributed by atoms with Crippen LogP contribution in [0.15, 0.2) is 6.33 Å². The number of hydrogen-bond donors (Lipinski definition) is 2. The van der Waals surface area contributed by atoms with Crippen molar-refractivity contribution in [1.29, 1.82) is 0 Å². The fourth-order valence-electron chi connectivity index (χ4n) is 0.777. The first-order valence-corrected chi connectivity index (χ1v) is 3.78. The van der Waals surface area contributed by atoms with Crippen molar-refractivity contribution in [2.24, 2.45) is 0 Å². The molecule has 7 nitrogen and oxygen atoms in total. The summed E-state index contributed by atoms with van der Waals surface area (Å²) >= 11 is 0. The molecule has 0 atom stereocenters. The number of halogens is 3.